The Balaban J connectivity index is 2.14. The number of anilines is 1. The lowest BCUT2D eigenvalue weighted by atomic mass is 10.2. The minimum absolute atomic E-state index is 0.678. The van der Waals surface area contributed by atoms with Crippen molar-refractivity contribution in [1.82, 2.24) is 4.90 Å². The zero-order chi connectivity index (χ0) is 13.8. The number of rotatable bonds is 5. The van der Waals surface area contributed by atoms with E-state index in [4.69, 9.17) is 11.6 Å². The SMILES string of the molecule is CCN(CC)C1CCN(c2cc(Cl)ccc2CBr)C1. The lowest BCUT2D eigenvalue weighted by molar-refractivity contribution is 0.232. The molecule has 0 N–H and O–H groups in total. The molecule has 0 radical (unpaired) electrons. The maximum absolute atomic E-state index is 6.15. The molecular weight excluding hydrogens is 324 g/mol. The van der Waals surface area contributed by atoms with Gasteiger partial charge in [-0.05, 0) is 37.2 Å². The van der Waals surface area contributed by atoms with Crippen LogP contribution in [-0.2, 0) is 5.33 Å². The monoisotopic (exact) mass is 344 g/mol. The largest absolute Gasteiger partial charge is 0.370 e. The van der Waals surface area contributed by atoms with Crippen molar-refractivity contribution in [1.29, 1.82) is 0 Å². The Labute approximate surface area is 129 Å². The van der Waals surface area contributed by atoms with E-state index >= 15 is 0 Å². The zero-order valence-electron chi connectivity index (χ0n) is 11.7. The highest BCUT2D eigenvalue weighted by molar-refractivity contribution is 9.08. The molecule has 1 aliphatic heterocycles. The molecule has 1 fully saturated rings. The van der Waals surface area contributed by atoms with Crippen molar-refractivity contribution in [2.45, 2.75) is 31.6 Å². The van der Waals surface area contributed by atoms with Crippen molar-refractivity contribution < 1.29 is 0 Å². The van der Waals surface area contributed by atoms with Crippen LogP contribution in [0, 0.1) is 0 Å². The fraction of sp³-hybridized carbons (Fsp3) is 0.600. The van der Waals surface area contributed by atoms with Crippen LogP contribution in [0.15, 0.2) is 18.2 Å². The Hall–Kier alpha value is -0.250. The van der Waals surface area contributed by atoms with Crippen LogP contribution in [0.5, 0.6) is 0 Å². The zero-order valence-corrected chi connectivity index (χ0v) is 14.0. The van der Waals surface area contributed by atoms with Crippen LogP contribution in [-0.4, -0.2) is 37.1 Å². The highest BCUT2D eigenvalue weighted by Gasteiger charge is 2.27. The minimum atomic E-state index is 0.678. The van der Waals surface area contributed by atoms with Gasteiger partial charge in [0, 0.05) is 35.2 Å². The van der Waals surface area contributed by atoms with Crippen LogP contribution < -0.4 is 4.90 Å². The van der Waals surface area contributed by atoms with Gasteiger partial charge in [0.05, 0.1) is 0 Å². The number of hydrogen-bond acceptors (Lipinski definition) is 2. The number of likely N-dealkylation sites (N-methyl/N-ethyl adjacent to an activating group) is 1. The van der Waals surface area contributed by atoms with Crippen molar-refractivity contribution >= 4 is 33.2 Å². The minimum Gasteiger partial charge on any atom is -0.370 e. The molecule has 0 bridgehead atoms. The number of hydrogen-bond donors (Lipinski definition) is 0. The van der Waals surface area contributed by atoms with Crippen LogP contribution in [0.25, 0.3) is 0 Å². The summed E-state index contributed by atoms with van der Waals surface area (Å²) >= 11 is 9.72. The van der Waals surface area contributed by atoms with Crippen molar-refractivity contribution in [3.05, 3.63) is 28.8 Å². The Morgan fingerprint density at radius 3 is 2.74 bits per heavy atom. The number of halogens is 2. The summed E-state index contributed by atoms with van der Waals surface area (Å²) in [5, 5.41) is 1.71. The fourth-order valence-corrected chi connectivity index (χ4v) is 3.58. The molecule has 19 heavy (non-hydrogen) atoms. The quantitative estimate of drug-likeness (QED) is 0.740. The van der Waals surface area contributed by atoms with Crippen LogP contribution in [0.2, 0.25) is 5.02 Å². The van der Waals surface area contributed by atoms with E-state index in [1.54, 1.807) is 0 Å². The molecule has 0 aliphatic carbocycles. The van der Waals surface area contributed by atoms with Crippen LogP contribution in [0.1, 0.15) is 25.8 Å². The molecule has 4 heteroatoms. The molecule has 1 unspecified atom stereocenters. The lowest BCUT2D eigenvalue weighted by Crippen LogP contribution is -2.37. The third-order valence-electron chi connectivity index (χ3n) is 4.02. The summed E-state index contributed by atoms with van der Waals surface area (Å²) < 4.78 is 0. The smallest absolute Gasteiger partial charge is 0.0426 e. The first-order valence-electron chi connectivity index (χ1n) is 7.03. The van der Waals surface area contributed by atoms with Gasteiger partial charge in [-0.3, -0.25) is 4.90 Å². The number of benzene rings is 1. The second kappa shape index (κ2) is 6.96. The van der Waals surface area contributed by atoms with Crippen LogP contribution in [0.4, 0.5) is 5.69 Å². The van der Waals surface area contributed by atoms with Gasteiger partial charge >= 0.3 is 0 Å². The van der Waals surface area contributed by atoms with E-state index in [2.05, 4.69) is 51.7 Å². The van der Waals surface area contributed by atoms with Gasteiger partial charge in [-0.1, -0.05) is 47.4 Å². The average Bonchev–Trinajstić information content (AvgIpc) is 2.89. The van der Waals surface area contributed by atoms with E-state index in [-0.39, 0.29) is 0 Å². The summed E-state index contributed by atoms with van der Waals surface area (Å²) in [4.78, 5) is 5.03. The van der Waals surface area contributed by atoms with Gasteiger partial charge in [-0.15, -0.1) is 0 Å². The van der Waals surface area contributed by atoms with Gasteiger partial charge in [-0.25, -0.2) is 0 Å². The van der Waals surface area contributed by atoms with Gasteiger partial charge < -0.3 is 4.90 Å². The Bertz CT molecular complexity index is 421. The molecule has 1 heterocycles. The van der Waals surface area contributed by atoms with Gasteiger partial charge in [-0.2, -0.15) is 0 Å². The average molecular weight is 346 g/mol. The molecule has 1 aromatic rings. The second-order valence-electron chi connectivity index (χ2n) is 5.02. The number of nitrogens with zero attached hydrogens (tertiary/aromatic N) is 2. The van der Waals surface area contributed by atoms with E-state index in [1.165, 1.54) is 17.7 Å². The molecule has 2 rings (SSSR count). The highest BCUT2D eigenvalue weighted by Crippen LogP contribution is 2.30. The van der Waals surface area contributed by atoms with Crippen LogP contribution in [0.3, 0.4) is 0 Å². The molecule has 1 aromatic carbocycles. The summed E-state index contributed by atoms with van der Waals surface area (Å²) in [5.41, 5.74) is 2.61. The Morgan fingerprint density at radius 2 is 2.11 bits per heavy atom. The number of alkyl halides is 1. The van der Waals surface area contributed by atoms with Crippen molar-refractivity contribution in [3.8, 4) is 0 Å². The third-order valence-corrected chi connectivity index (χ3v) is 4.86. The highest BCUT2D eigenvalue weighted by atomic mass is 79.9. The third kappa shape index (κ3) is 3.45. The molecular formula is C15H22BrClN2. The van der Waals surface area contributed by atoms with E-state index in [9.17, 15) is 0 Å². The second-order valence-corrected chi connectivity index (χ2v) is 6.01. The molecule has 0 saturated carbocycles. The van der Waals surface area contributed by atoms with Crippen molar-refractivity contribution in [2.75, 3.05) is 31.1 Å². The molecule has 1 aliphatic rings. The predicted octanol–water partition coefficient (Wildman–Crippen LogP) is 4.16. The summed E-state index contributed by atoms with van der Waals surface area (Å²) in [7, 11) is 0. The van der Waals surface area contributed by atoms with Crippen LogP contribution >= 0.6 is 27.5 Å². The Kier molecular flexibility index (Phi) is 5.55. The van der Waals surface area contributed by atoms with Crippen molar-refractivity contribution in [2.24, 2.45) is 0 Å². The molecule has 0 aromatic heterocycles. The summed E-state index contributed by atoms with van der Waals surface area (Å²) in [6, 6.07) is 6.87. The van der Waals surface area contributed by atoms with Gasteiger partial charge in [0.1, 0.15) is 0 Å². The first kappa shape index (κ1) is 15.1. The molecule has 1 atom stereocenters. The molecule has 0 spiro atoms. The first-order chi connectivity index (χ1) is 9.19. The van der Waals surface area contributed by atoms with Crippen molar-refractivity contribution in [3.63, 3.8) is 0 Å². The summed E-state index contributed by atoms with van der Waals surface area (Å²) in [6.07, 6.45) is 1.25. The molecule has 0 amide bonds. The fourth-order valence-electron chi connectivity index (χ4n) is 2.94. The molecule has 106 valence electrons. The van der Waals surface area contributed by atoms with Gasteiger partial charge in [0.15, 0.2) is 0 Å². The van der Waals surface area contributed by atoms with E-state index < -0.39 is 0 Å². The standard InChI is InChI=1S/C15H22BrClN2/c1-3-18(4-2)14-7-8-19(11-14)15-9-13(17)6-5-12(15)10-16/h5-6,9,14H,3-4,7-8,10-11H2,1-2H3. The molecule has 1 saturated heterocycles. The van der Waals surface area contributed by atoms with Gasteiger partial charge in [0.25, 0.3) is 0 Å². The first-order valence-corrected chi connectivity index (χ1v) is 8.52. The lowest BCUT2D eigenvalue weighted by Gasteiger charge is -2.27. The maximum Gasteiger partial charge on any atom is 0.0426 e. The van der Waals surface area contributed by atoms with E-state index in [0.29, 0.717) is 6.04 Å². The summed E-state index contributed by atoms with van der Waals surface area (Å²) in [6.45, 7) is 9.00. The Morgan fingerprint density at radius 1 is 1.37 bits per heavy atom. The predicted molar refractivity (Wildman–Crippen MR) is 87.6 cm³/mol. The van der Waals surface area contributed by atoms with E-state index in [1.807, 2.05) is 6.07 Å². The maximum atomic E-state index is 6.15. The topological polar surface area (TPSA) is 6.48 Å². The van der Waals surface area contributed by atoms with Gasteiger partial charge in [0.2, 0.25) is 0 Å². The summed E-state index contributed by atoms with van der Waals surface area (Å²) in [5.74, 6) is 0. The molecule has 2 nitrogen and oxygen atoms in total. The van der Waals surface area contributed by atoms with E-state index in [0.717, 1.165) is 36.5 Å². The normalized spacial score (nSPS) is 19.4.